The molecular weight excluding hydrogens is 1010 g/mol. The monoisotopic (exact) mass is 1090 g/mol. The van der Waals surface area contributed by atoms with Gasteiger partial charge < -0.3 is 62.0 Å². The Morgan fingerprint density at radius 1 is 0.963 bits per heavy atom. The Kier molecular flexibility index (Phi) is 15.2. The Bertz CT molecular complexity index is 3190. The van der Waals surface area contributed by atoms with Gasteiger partial charge in [-0.3, -0.25) is 9.59 Å². The number of Topliss-reactive ketones (excluding diaryl/α,β-unsaturated/α-hetero) is 2. The summed E-state index contributed by atoms with van der Waals surface area (Å²) >= 11 is 0. The molecule has 14 nitrogen and oxygen atoms in total. The number of aromatic nitrogens is 1. The van der Waals surface area contributed by atoms with Crippen molar-refractivity contribution in [2.45, 2.75) is 139 Å². The van der Waals surface area contributed by atoms with Crippen LogP contribution in [0.25, 0.3) is 16.8 Å². The molecule has 3 aromatic carbocycles. The van der Waals surface area contributed by atoms with Crippen LogP contribution in [0, 0.1) is 64.6 Å². The van der Waals surface area contributed by atoms with E-state index in [2.05, 4.69) is 95.3 Å². The molecule has 8 aliphatic rings. The molecule has 2 aliphatic heterocycles. The number of carbonyl (C=O) groups is 2. The number of methoxy groups -OCH3 is 1. The summed E-state index contributed by atoms with van der Waals surface area (Å²) in [5, 5.41) is 83.1. The van der Waals surface area contributed by atoms with Crippen LogP contribution in [0.5, 0.6) is 11.5 Å². The van der Waals surface area contributed by atoms with E-state index in [4.69, 9.17) is 10.5 Å². The van der Waals surface area contributed by atoms with E-state index in [9.17, 15) is 35.4 Å². The quantitative estimate of drug-likeness (QED) is 0.0405. The number of aliphatic hydroxyl groups excluding tert-OH is 4. The number of carbonyl (C=O) groups excluding carboxylic acids is 2. The zero-order valence-corrected chi connectivity index (χ0v) is 46.4. The van der Waals surface area contributed by atoms with Crippen LogP contribution < -0.4 is 26.4 Å². The lowest BCUT2D eigenvalue weighted by Gasteiger charge is -2.65. The van der Waals surface area contributed by atoms with Crippen molar-refractivity contribution in [3.05, 3.63) is 123 Å². The number of piperidine rings is 1. The Morgan fingerprint density at radius 2 is 1.79 bits per heavy atom. The maximum Gasteiger partial charge on any atom is 0.160 e. The van der Waals surface area contributed by atoms with Gasteiger partial charge in [0, 0.05) is 66.9 Å². The van der Waals surface area contributed by atoms with Crippen LogP contribution in [0.1, 0.15) is 135 Å². The van der Waals surface area contributed by atoms with Crippen molar-refractivity contribution in [3.63, 3.8) is 0 Å². The molecule has 6 aliphatic carbocycles. The lowest BCUT2D eigenvalue weighted by Crippen LogP contribution is -2.66. The summed E-state index contributed by atoms with van der Waals surface area (Å²) in [5.41, 5.74) is 13.2. The average molecular weight is 1090 g/mol. The predicted octanol–water partition coefficient (Wildman–Crippen LogP) is 6.91. The van der Waals surface area contributed by atoms with Gasteiger partial charge in [-0.2, -0.15) is 0 Å². The van der Waals surface area contributed by atoms with Crippen LogP contribution in [0.3, 0.4) is 0 Å². The van der Waals surface area contributed by atoms with E-state index >= 15 is 4.79 Å². The number of H-pyrrole nitrogens is 1. The van der Waals surface area contributed by atoms with Gasteiger partial charge in [0.1, 0.15) is 11.2 Å². The SMILES string of the molecule is CCNC[C@@H]1[C@H]2c3[nH]cc4c3[C@H]3[C@H]5[C@H]2[C@H](CN[C@@H]5CC(=O)[C@@H]3C=C4)[C@H](CCC(O)O)[C@H]1[C@H]1CC[C@@]2(C#C[C@H](C[C@H](O)[C@H](O)C[C@@H](C3=C(CC)CNC(N)=C3)c3ccc4ccccc4c3)c3cc(O)c(OC)cc3CCC2=O)[C@H](O)C1. The summed E-state index contributed by atoms with van der Waals surface area (Å²) in [6.45, 7) is 7.04. The zero-order valence-electron chi connectivity index (χ0n) is 46.4. The number of phenolic OH excluding ortho intramolecular Hbond substituents is 1. The maximum atomic E-state index is 15.1. The molecule has 424 valence electrons. The number of aromatic amines is 1. The van der Waals surface area contributed by atoms with Crippen molar-refractivity contribution in [2.24, 2.45) is 58.5 Å². The fourth-order valence-corrected chi connectivity index (χ4v) is 17.5. The Morgan fingerprint density at radius 3 is 2.56 bits per heavy atom. The summed E-state index contributed by atoms with van der Waals surface area (Å²) in [6.07, 6.45) is 7.14. The molecule has 3 heterocycles. The molecule has 3 saturated carbocycles. The molecule has 1 aromatic heterocycles. The van der Waals surface area contributed by atoms with Crippen molar-refractivity contribution < 1.29 is 45.0 Å². The molecule has 1 saturated heterocycles. The van der Waals surface area contributed by atoms with Crippen molar-refractivity contribution in [2.75, 3.05) is 33.3 Å². The third kappa shape index (κ3) is 9.52. The number of rotatable bonds is 16. The standard InChI is InChI=1S/C66H81N5O9/c1-4-34-30-70-57(67)28-46(34)45(37-11-10-35-8-6-7-9-36(35)22-37)27-52(74)51(73)23-39-18-20-66(55(76)16-13-38-24-54(80-3)53(75)26-44(38)39)21-19-40(25-56(66)77)59-42(15-17-58(78)79)47-33-69-49-29-50(72)43-14-12-41-31-71-65-60(41)61(43)64(49)62(47)63(65)48(59)32-68-5-2/h6-12,14,22,24,26,28,31,39-40,42-43,45,47-49,51-52,56,58-59,61-64,68-71,73-75,77-79H,4-5,13,15-17,19,21,23,25,27,29-30,32-33,67H2,1-3H3/t39-,40+,42+,43+,45-,47-,48+,49-,51+,52-,56-,59-,61+,62+,63-,64+,66-/m1/s1. The highest BCUT2D eigenvalue weighted by Gasteiger charge is 2.65. The fourth-order valence-electron chi connectivity index (χ4n) is 17.5. The number of ketones is 2. The molecule has 4 aromatic rings. The molecule has 12 N–H and O–H groups in total. The van der Waals surface area contributed by atoms with E-state index in [0.29, 0.717) is 55.8 Å². The summed E-state index contributed by atoms with van der Waals surface area (Å²) < 4.78 is 5.59. The smallest absolute Gasteiger partial charge is 0.160 e. The predicted molar refractivity (Wildman–Crippen MR) is 307 cm³/mol. The van der Waals surface area contributed by atoms with Gasteiger partial charge in [0.25, 0.3) is 0 Å². The Labute approximate surface area is 469 Å². The minimum Gasteiger partial charge on any atom is -0.504 e. The van der Waals surface area contributed by atoms with Crippen LogP contribution in [0.4, 0.5) is 0 Å². The van der Waals surface area contributed by atoms with Crippen molar-refractivity contribution >= 4 is 28.4 Å². The van der Waals surface area contributed by atoms with Crippen LogP contribution in [0.15, 0.2) is 89.9 Å². The van der Waals surface area contributed by atoms with Crippen LogP contribution >= 0.6 is 0 Å². The number of aromatic hydroxyl groups is 1. The fraction of sp³-hybridized carbons (Fsp3) is 0.545. The van der Waals surface area contributed by atoms with Crippen molar-refractivity contribution in [1.82, 2.24) is 20.9 Å². The first-order valence-corrected chi connectivity index (χ1v) is 29.9. The largest absolute Gasteiger partial charge is 0.504 e. The molecule has 0 unspecified atom stereocenters. The highest BCUT2D eigenvalue weighted by atomic mass is 16.5. The van der Waals surface area contributed by atoms with Gasteiger partial charge in [0.15, 0.2) is 23.6 Å². The van der Waals surface area contributed by atoms with Crippen molar-refractivity contribution in [1.29, 1.82) is 0 Å². The van der Waals surface area contributed by atoms with Gasteiger partial charge in [-0.15, -0.1) is 0 Å². The summed E-state index contributed by atoms with van der Waals surface area (Å²) in [6, 6.07) is 17.9. The number of phenols is 1. The molecule has 80 heavy (non-hydrogen) atoms. The maximum absolute atomic E-state index is 15.1. The Hall–Kier alpha value is -5.76. The highest BCUT2D eigenvalue weighted by molar-refractivity contribution is 5.90. The molecule has 0 bridgehead atoms. The van der Waals surface area contributed by atoms with Gasteiger partial charge in [-0.25, -0.2) is 0 Å². The molecule has 17 atom stereocenters. The molecule has 1 spiro atoms. The molecule has 4 fully saturated rings. The number of nitrogens with one attached hydrogen (secondary N) is 4. The van der Waals surface area contributed by atoms with Crippen LogP contribution in [0.2, 0.25) is 0 Å². The number of aliphatic hydroxyl groups is 5. The first-order chi connectivity index (χ1) is 38.7. The van der Waals surface area contributed by atoms with E-state index in [1.807, 2.05) is 18.2 Å². The van der Waals surface area contributed by atoms with E-state index < -0.39 is 35.9 Å². The number of hydrogen-bond acceptors (Lipinski definition) is 13. The van der Waals surface area contributed by atoms with Gasteiger partial charge in [0.05, 0.1) is 31.2 Å². The molecule has 14 heteroatoms. The normalized spacial score (nSPS) is 33.3. The number of dihydropyridines is 1. The number of ether oxygens (including phenoxy) is 1. The van der Waals surface area contributed by atoms with Crippen molar-refractivity contribution in [3.8, 4) is 23.3 Å². The lowest BCUT2D eigenvalue weighted by molar-refractivity contribution is -0.144. The summed E-state index contributed by atoms with van der Waals surface area (Å²) in [4.78, 5) is 32.8. The van der Waals surface area contributed by atoms with Gasteiger partial charge in [-0.1, -0.05) is 80.3 Å². The first-order valence-electron chi connectivity index (χ1n) is 29.9. The molecule has 12 rings (SSSR count). The minimum atomic E-state index is -1.47. The topological polar surface area (TPSA) is 243 Å². The van der Waals surface area contributed by atoms with E-state index in [-0.39, 0.29) is 121 Å². The highest BCUT2D eigenvalue weighted by Crippen LogP contribution is 2.67. The number of hydrogen-bond donors (Lipinski definition) is 11. The van der Waals surface area contributed by atoms with Gasteiger partial charge >= 0.3 is 0 Å². The second-order valence-corrected chi connectivity index (χ2v) is 24.9. The number of allylic oxidation sites excluding steroid dienone is 3. The lowest BCUT2D eigenvalue weighted by atomic mass is 9.41. The molecular formula is C66H81N5O9. The Balaban J connectivity index is 0.879. The van der Waals surface area contributed by atoms with E-state index in [1.165, 1.54) is 18.4 Å². The van der Waals surface area contributed by atoms with E-state index in [0.717, 1.165) is 64.7 Å². The van der Waals surface area contributed by atoms with Crippen LogP contribution in [-0.4, -0.2) is 111 Å². The second-order valence-electron chi connectivity index (χ2n) is 24.9. The average Bonchev–Trinajstić information content (AvgIpc) is 4.10. The zero-order chi connectivity index (χ0) is 55.7. The minimum absolute atomic E-state index is 0.0139. The third-order valence-corrected chi connectivity index (χ3v) is 21.1. The van der Waals surface area contributed by atoms with Gasteiger partial charge in [-0.05, 0) is 187 Å². The molecule has 0 radical (unpaired) electrons. The number of benzene rings is 3. The third-order valence-electron chi connectivity index (χ3n) is 21.1. The van der Waals surface area contributed by atoms with Crippen LogP contribution in [-0.2, 0) is 16.0 Å². The van der Waals surface area contributed by atoms with Gasteiger partial charge in [0.2, 0.25) is 0 Å². The number of nitrogens with two attached hydrogens (primary N) is 1. The molecule has 0 amide bonds. The number of fused-ring (bicyclic) bond motifs is 3. The summed E-state index contributed by atoms with van der Waals surface area (Å²) in [7, 11) is 1.48. The number of aryl methyl sites for hydroxylation is 1. The first kappa shape index (κ1) is 54.8. The second kappa shape index (κ2) is 22.2. The van der Waals surface area contributed by atoms with E-state index in [1.54, 1.807) is 12.1 Å². The summed E-state index contributed by atoms with van der Waals surface area (Å²) in [5.74, 6) is 7.63.